The molecule has 1 N–H and O–H groups in total. The average molecular weight is 338 g/mol. The number of ether oxygens (including phenoxy) is 1. The van der Waals surface area contributed by atoms with E-state index in [1.54, 1.807) is 0 Å². The van der Waals surface area contributed by atoms with Crippen LogP contribution in [0.25, 0.3) is 0 Å². The van der Waals surface area contributed by atoms with E-state index in [0.29, 0.717) is 0 Å². The van der Waals surface area contributed by atoms with Gasteiger partial charge in [-0.3, -0.25) is 4.90 Å². The summed E-state index contributed by atoms with van der Waals surface area (Å²) < 4.78 is 5.84. The maximum atomic E-state index is 5.84. The fourth-order valence-electron chi connectivity index (χ4n) is 3.45. The Morgan fingerprint density at radius 2 is 1.72 bits per heavy atom. The number of para-hydroxylation sites is 1. The van der Waals surface area contributed by atoms with Gasteiger partial charge in [0.05, 0.1) is 0 Å². The van der Waals surface area contributed by atoms with Crippen LogP contribution in [0.4, 0.5) is 0 Å². The zero-order valence-corrected chi connectivity index (χ0v) is 15.3. The fraction of sp³-hybridized carbons (Fsp3) is 0.455. The molecule has 1 fully saturated rings. The molecule has 2 aromatic rings. The Balaban J connectivity index is 1.27. The molecule has 2 aromatic carbocycles. The van der Waals surface area contributed by atoms with Gasteiger partial charge in [-0.25, -0.2) is 0 Å². The van der Waals surface area contributed by atoms with E-state index in [-0.39, 0.29) is 0 Å². The highest BCUT2D eigenvalue weighted by atomic mass is 16.5. The Bertz CT molecular complexity index is 621. The summed E-state index contributed by atoms with van der Waals surface area (Å²) in [5.41, 5.74) is 2.63. The number of aryl methyl sites for hydroxylation is 1. The highest BCUT2D eigenvalue weighted by Crippen LogP contribution is 2.18. The molecule has 0 radical (unpaired) electrons. The van der Waals surface area contributed by atoms with Gasteiger partial charge in [-0.05, 0) is 62.5 Å². The van der Waals surface area contributed by atoms with Gasteiger partial charge in [0.2, 0.25) is 0 Å². The van der Waals surface area contributed by atoms with Crippen LogP contribution in [-0.2, 0) is 6.54 Å². The molecule has 0 unspecified atom stereocenters. The molecule has 3 rings (SSSR count). The van der Waals surface area contributed by atoms with E-state index in [9.17, 15) is 0 Å². The largest absolute Gasteiger partial charge is 0.492 e. The molecule has 0 saturated carbocycles. The van der Waals surface area contributed by atoms with Crippen LogP contribution in [0.5, 0.6) is 5.75 Å². The maximum absolute atomic E-state index is 5.84. The van der Waals surface area contributed by atoms with E-state index >= 15 is 0 Å². The molecular weight excluding hydrogens is 308 g/mol. The Kier molecular flexibility index (Phi) is 6.89. The lowest BCUT2D eigenvalue weighted by atomic mass is 9.96. The molecule has 0 atom stereocenters. The van der Waals surface area contributed by atoms with E-state index in [1.807, 2.05) is 18.2 Å². The molecule has 0 spiro atoms. The maximum Gasteiger partial charge on any atom is 0.122 e. The summed E-state index contributed by atoms with van der Waals surface area (Å²) in [6.07, 6.45) is 2.58. The van der Waals surface area contributed by atoms with Crippen LogP contribution in [0.15, 0.2) is 54.6 Å². The van der Waals surface area contributed by atoms with Gasteiger partial charge < -0.3 is 10.1 Å². The van der Waals surface area contributed by atoms with Crippen molar-refractivity contribution >= 4 is 0 Å². The number of likely N-dealkylation sites (tertiary alicyclic amines) is 1. The quantitative estimate of drug-likeness (QED) is 0.739. The van der Waals surface area contributed by atoms with Crippen molar-refractivity contribution in [3.8, 4) is 5.75 Å². The van der Waals surface area contributed by atoms with Crippen LogP contribution in [0.1, 0.15) is 24.0 Å². The predicted octanol–water partition coefficient (Wildman–Crippen LogP) is 3.88. The average Bonchev–Trinajstić information content (AvgIpc) is 2.65. The summed E-state index contributed by atoms with van der Waals surface area (Å²) in [6.45, 7) is 8.35. The molecule has 134 valence electrons. The number of benzene rings is 2. The minimum Gasteiger partial charge on any atom is -0.492 e. The van der Waals surface area contributed by atoms with Crippen molar-refractivity contribution in [2.24, 2.45) is 5.92 Å². The van der Waals surface area contributed by atoms with E-state index < -0.39 is 0 Å². The van der Waals surface area contributed by atoms with Crippen LogP contribution in [0.3, 0.4) is 0 Å². The van der Waals surface area contributed by atoms with Gasteiger partial charge in [-0.1, -0.05) is 48.5 Å². The van der Waals surface area contributed by atoms with Gasteiger partial charge in [0.25, 0.3) is 0 Å². The molecule has 0 aromatic heterocycles. The number of rotatable bonds is 8. The third-order valence-corrected chi connectivity index (χ3v) is 5.02. The van der Waals surface area contributed by atoms with Crippen molar-refractivity contribution in [3.05, 3.63) is 65.7 Å². The van der Waals surface area contributed by atoms with Gasteiger partial charge in [-0.2, -0.15) is 0 Å². The lowest BCUT2D eigenvalue weighted by Gasteiger charge is -2.32. The zero-order valence-electron chi connectivity index (χ0n) is 15.3. The first-order chi connectivity index (χ1) is 12.3. The predicted molar refractivity (Wildman–Crippen MR) is 104 cm³/mol. The van der Waals surface area contributed by atoms with Crippen LogP contribution in [0, 0.1) is 12.8 Å². The second-order valence-corrected chi connectivity index (χ2v) is 7.02. The molecule has 1 saturated heterocycles. The van der Waals surface area contributed by atoms with Crippen molar-refractivity contribution < 1.29 is 4.74 Å². The van der Waals surface area contributed by atoms with Gasteiger partial charge in [0, 0.05) is 13.1 Å². The molecule has 1 aliphatic heterocycles. The Morgan fingerprint density at radius 3 is 2.48 bits per heavy atom. The van der Waals surface area contributed by atoms with E-state index in [1.165, 1.54) is 37.1 Å². The number of nitrogens with one attached hydrogen (secondary N) is 1. The lowest BCUT2D eigenvalue weighted by Crippen LogP contribution is -2.37. The van der Waals surface area contributed by atoms with Gasteiger partial charge in [-0.15, -0.1) is 0 Å². The summed E-state index contributed by atoms with van der Waals surface area (Å²) in [5.74, 6) is 1.80. The van der Waals surface area contributed by atoms with E-state index in [0.717, 1.165) is 37.9 Å². The highest BCUT2D eigenvalue weighted by molar-refractivity contribution is 5.31. The van der Waals surface area contributed by atoms with Crippen LogP contribution < -0.4 is 10.1 Å². The van der Waals surface area contributed by atoms with Crippen molar-refractivity contribution in [3.63, 3.8) is 0 Å². The topological polar surface area (TPSA) is 24.5 Å². The molecule has 3 heteroatoms. The standard InChI is InChI=1S/C22H30N2O/c1-19-7-5-6-10-22(19)25-16-13-23-17-20-11-14-24(15-12-20)18-21-8-3-2-4-9-21/h2-10,20,23H,11-18H2,1H3. The van der Waals surface area contributed by atoms with Crippen molar-refractivity contribution in [1.29, 1.82) is 0 Å². The summed E-state index contributed by atoms with van der Waals surface area (Å²) in [6, 6.07) is 19.0. The number of piperidine rings is 1. The molecular formula is C22H30N2O. The Morgan fingerprint density at radius 1 is 1.00 bits per heavy atom. The van der Waals surface area contributed by atoms with Gasteiger partial charge >= 0.3 is 0 Å². The normalized spacial score (nSPS) is 16.0. The first kappa shape index (κ1) is 18.0. The smallest absolute Gasteiger partial charge is 0.122 e. The van der Waals surface area contributed by atoms with Gasteiger partial charge in [0.1, 0.15) is 12.4 Å². The molecule has 1 heterocycles. The Labute approximate surface area is 152 Å². The third-order valence-electron chi connectivity index (χ3n) is 5.02. The van der Waals surface area contributed by atoms with Crippen LogP contribution in [0.2, 0.25) is 0 Å². The van der Waals surface area contributed by atoms with Crippen molar-refractivity contribution in [2.75, 3.05) is 32.8 Å². The minimum absolute atomic E-state index is 0.734. The summed E-state index contributed by atoms with van der Waals surface area (Å²) >= 11 is 0. The molecule has 0 amide bonds. The van der Waals surface area contributed by atoms with Crippen LogP contribution in [-0.4, -0.2) is 37.7 Å². The first-order valence-electron chi connectivity index (χ1n) is 9.46. The second kappa shape index (κ2) is 9.59. The summed E-state index contributed by atoms with van der Waals surface area (Å²) in [5, 5.41) is 3.57. The fourth-order valence-corrected chi connectivity index (χ4v) is 3.45. The monoisotopic (exact) mass is 338 g/mol. The number of hydrogen-bond donors (Lipinski definition) is 1. The molecule has 1 aliphatic rings. The summed E-state index contributed by atoms with van der Waals surface area (Å²) in [7, 11) is 0. The van der Waals surface area contributed by atoms with E-state index in [4.69, 9.17) is 4.74 Å². The van der Waals surface area contributed by atoms with Crippen molar-refractivity contribution in [1.82, 2.24) is 10.2 Å². The first-order valence-corrected chi connectivity index (χ1v) is 9.46. The number of hydrogen-bond acceptors (Lipinski definition) is 3. The second-order valence-electron chi connectivity index (χ2n) is 7.02. The molecule has 0 bridgehead atoms. The lowest BCUT2D eigenvalue weighted by molar-refractivity contribution is 0.174. The summed E-state index contributed by atoms with van der Waals surface area (Å²) in [4.78, 5) is 2.58. The molecule has 25 heavy (non-hydrogen) atoms. The molecule has 3 nitrogen and oxygen atoms in total. The third kappa shape index (κ3) is 5.87. The zero-order chi connectivity index (χ0) is 17.3. The SMILES string of the molecule is Cc1ccccc1OCCNCC1CCN(Cc2ccccc2)CC1. The Hall–Kier alpha value is -1.84. The highest BCUT2D eigenvalue weighted by Gasteiger charge is 2.18. The van der Waals surface area contributed by atoms with Crippen LogP contribution >= 0.6 is 0 Å². The molecule has 0 aliphatic carbocycles. The minimum atomic E-state index is 0.734. The van der Waals surface area contributed by atoms with E-state index in [2.05, 4.69) is 53.5 Å². The number of nitrogens with zero attached hydrogens (tertiary/aromatic N) is 1. The van der Waals surface area contributed by atoms with Gasteiger partial charge in [0.15, 0.2) is 0 Å². The van der Waals surface area contributed by atoms with Crippen molar-refractivity contribution in [2.45, 2.75) is 26.3 Å².